The van der Waals surface area contributed by atoms with Crippen LogP contribution in [0.1, 0.15) is 290 Å². The lowest BCUT2D eigenvalue weighted by atomic mass is 10.0. The van der Waals surface area contributed by atoms with Crippen molar-refractivity contribution in [1.82, 2.24) is 0 Å². The molecule has 0 rings (SSSR count). The van der Waals surface area contributed by atoms with E-state index in [-0.39, 0.29) is 31.1 Å². The number of allylic oxidation sites excluding steroid dienone is 18. The number of hydrogen-bond acceptors (Lipinski definition) is 6. The van der Waals surface area contributed by atoms with Gasteiger partial charge in [-0.25, -0.2) is 0 Å². The molecule has 0 N–H and O–H groups in total. The molecule has 0 heterocycles. The highest BCUT2D eigenvalue weighted by Crippen LogP contribution is 2.16. The van der Waals surface area contributed by atoms with Crippen molar-refractivity contribution in [3.8, 4) is 0 Å². The van der Waals surface area contributed by atoms with Crippen LogP contribution in [-0.2, 0) is 28.6 Å². The van der Waals surface area contributed by atoms with E-state index in [2.05, 4.69) is 130 Å². The van der Waals surface area contributed by atoms with Crippen LogP contribution in [0.15, 0.2) is 109 Å². The van der Waals surface area contributed by atoms with E-state index >= 15 is 0 Å². The summed E-state index contributed by atoms with van der Waals surface area (Å²) in [6.07, 6.45) is 85.2. The standard InChI is InChI=1S/C69H116O6/c1-4-7-10-13-16-19-22-25-28-31-33-34-36-38-41-44-47-50-53-56-59-62-68(71)74-65-66(64-73-67(70)61-58-55-52-49-46-43-40-37-30-27-24-21-18-15-12-9-6-3)75-69(72)63-60-57-54-51-48-45-42-39-35-32-29-26-23-20-17-14-11-8-5-2/h7,9-10,12,16,18-19,21,25,27-28,30,33-34,38,41,47,50,66H,4-6,8,11,13-15,17,20,22-24,26,29,31-32,35-37,39-40,42-46,48-49,51-65H2,1-3H3/b10-7-,12-9-,19-16-,21-18-,28-25-,30-27-,34-33-,41-38-,50-47-. The van der Waals surface area contributed by atoms with Gasteiger partial charge < -0.3 is 14.2 Å². The summed E-state index contributed by atoms with van der Waals surface area (Å²) in [5.74, 6) is -0.941. The molecular formula is C69H116O6. The number of ether oxygens (including phenoxy) is 3. The zero-order valence-electron chi connectivity index (χ0n) is 49.0. The first-order chi connectivity index (χ1) is 37.0. The minimum Gasteiger partial charge on any atom is -0.462 e. The molecule has 0 aromatic carbocycles. The summed E-state index contributed by atoms with van der Waals surface area (Å²) < 4.78 is 16.9. The average Bonchev–Trinajstić information content (AvgIpc) is 3.41. The smallest absolute Gasteiger partial charge is 0.306 e. The van der Waals surface area contributed by atoms with Crippen LogP contribution in [0.3, 0.4) is 0 Å². The van der Waals surface area contributed by atoms with Gasteiger partial charge in [-0.2, -0.15) is 0 Å². The Labute approximate surface area is 463 Å². The average molecular weight is 1040 g/mol. The Morgan fingerprint density at radius 2 is 0.520 bits per heavy atom. The zero-order chi connectivity index (χ0) is 54.3. The maximum atomic E-state index is 12.9. The number of carbonyl (C=O) groups excluding carboxylic acids is 3. The first-order valence-electron chi connectivity index (χ1n) is 31.4. The molecule has 0 fully saturated rings. The molecule has 0 saturated heterocycles. The lowest BCUT2D eigenvalue weighted by Crippen LogP contribution is -2.30. The molecule has 0 aliphatic heterocycles. The van der Waals surface area contributed by atoms with Crippen LogP contribution in [0, 0.1) is 0 Å². The third kappa shape index (κ3) is 60.8. The van der Waals surface area contributed by atoms with Crippen LogP contribution >= 0.6 is 0 Å². The number of esters is 3. The topological polar surface area (TPSA) is 78.9 Å². The highest BCUT2D eigenvalue weighted by atomic mass is 16.6. The van der Waals surface area contributed by atoms with Crippen molar-refractivity contribution in [1.29, 1.82) is 0 Å². The lowest BCUT2D eigenvalue weighted by Gasteiger charge is -2.18. The lowest BCUT2D eigenvalue weighted by molar-refractivity contribution is -0.167. The normalized spacial score (nSPS) is 12.8. The maximum Gasteiger partial charge on any atom is 0.306 e. The second-order valence-electron chi connectivity index (χ2n) is 20.6. The summed E-state index contributed by atoms with van der Waals surface area (Å²) in [6.45, 7) is 6.40. The molecular weight excluding hydrogens is 925 g/mol. The van der Waals surface area contributed by atoms with Crippen molar-refractivity contribution in [2.75, 3.05) is 13.2 Å². The first-order valence-corrected chi connectivity index (χ1v) is 31.4. The van der Waals surface area contributed by atoms with E-state index in [1.807, 2.05) is 0 Å². The molecule has 6 nitrogen and oxygen atoms in total. The third-order valence-electron chi connectivity index (χ3n) is 13.3. The van der Waals surface area contributed by atoms with Gasteiger partial charge in [-0.1, -0.05) is 278 Å². The number of carbonyl (C=O) groups is 3. The van der Waals surface area contributed by atoms with E-state index < -0.39 is 6.10 Å². The highest BCUT2D eigenvalue weighted by Gasteiger charge is 2.19. The van der Waals surface area contributed by atoms with Crippen LogP contribution in [0.4, 0.5) is 0 Å². The molecule has 0 aromatic rings. The Bertz CT molecular complexity index is 1520. The van der Waals surface area contributed by atoms with Crippen LogP contribution in [0.2, 0.25) is 0 Å². The molecule has 6 heteroatoms. The minimum atomic E-state index is -0.802. The molecule has 0 saturated carbocycles. The van der Waals surface area contributed by atoms with E-state index in [1.165, 1.54) is 128 Å². The Balaban J connectivity index is 4.47. The summed E-state index contributed by atoms with van der Waals surface area (Å²) >= 11 is 0. The van der Waals surface area contributed by atoms with Gasteiger partial charge in [0.25, 0.3) is 0 Å². The fraction of sp³-hybridized carbons (Fsp3) is 0.696. The van der Waals surface area contributed by atoms with Crippen molar-refractivity contribution in [3.63, 3.8) is 0 Å². The molecule has 428 valence electrons. The zero-order valence-corrected chi connectivity index (χ0v) is 49.0. The quantitative estimate of drug-likeness (QED) is 0.0261. The fourth-order valence-electron chi connectivity index (χ4n) is 8.64. The predicted octanol–water partition coefficient (Wildman–Crippen LogP) is 21.4. The Morgan fingerprint density at radius 3 is 0.840 bits per heavy atom. The molecule has 0 bridgehead atoms. The largest absolute Gasteiger partial charge is 0.462 e. The Kier molecular flexibility index (Phi) is 59.3. The fourth-order valence-corrected chi connectivity index (χ4v) is 8.64. The molecule has 0 aliphatic rings. The molecule has 1 unspecified atom stereocenters. The van der Waals surface area contributed by atoms with Gasteiger partial charge in [-0.05, 0) is 103 Å². The van der Waals surface area contributed by atoms with Gasteiger partial charge in [0.1, 0.15) is 13.2 Å². The second-order valence-corrected chi connectivity index (χ2v) is 20.6. The van der Waals surface area contributed by atoms with Crippen LogP contribution < -0.4 is 0 Å². The summed E-state index contributed by atoms with van der Waals surface area (Å²) in [5, 5.41) is 0. The SMILES string of the molecule is CC/C=C\C/C=C\C/C=C\C/C=C\C/C=C\C/C=C\CCCCC(=O)OCC(COC(=O)CCCCCCCCC/C=C\C/C=C\C/C=C\CC)OC(=O)CCCCCCCCCCCCCCCCCCCCC. The molecule has 0 spiro atoms. The number of rotatable bonds is 56. The minimum absolute atomic E-state index is 0.0965. The summed E-state index contributed by atoms with van der Waals surface area (Å²) in [6, 6.07) is 0. The summed E-state index contributed by atoms with van der Waals surface area (Å²) in [4.78, 5) is 38.3. The molecule has 75 heavy (non-hydrogen) atoms. The van der Waals surface area contributed by atoms with Crippen LogP contribution in [0.25, 0.3) is 0 Å². The summed E-state index contributed by atoms with van der Waals surface area (Å²) in [7, 11) is 0. The van der Waals surface area contributed by atoms with Gasteiger partial charge >= 0.3 is 17.9 Å². The van der Waals surface area contributed by atoms with Crippen molar-refractivity contribution in [2.45, 2.75) is 297 Å². The van der Waals surface area contributed by atoms with Gasteiger partial charge in [0.05, 0.1) is 0 Å². The second kappa shape index (κ2) is 62.6. The van der Waals surface area contributed by atoms with Gasteiger partial charge in [-0.15, -0.1) is 0 Å². The van der Waals surface area contributed by atoms with E-state index in [1.54, 1.807) is 0 Å². The van der Waals surface area contributed by atoms with Gasteiger partial charge in [0, 0.05) is 19.3 Å². The third-order valence-corrected chi connectivity index (χ3v) is 13.3. The van der Waals surface area contributed by atoms with Gasteiger partial charge in [0.2, 0.25) is 0 Å². The predicted molar refractivity (Wildman–Crippen MR) is 325 cm³/mol. The van der Waals surface area contributed by atoms with E-state index in [0.29, 0.717) is 19.3 Å². The van der Waals surface area contributed by atoms with E-state index in [4.69, 9.17) is 14.2 Å². The Hall–Kier alpha value is -3.93. The van der Waals surface area contributed by atoms with Crippen molar-refractivity contribution in [2.24, 2.45) is 0 Å². The monoisotopic (exact) mass is 1040 g/mol. The van der Waals surface area contributed by atoms with E-state index in [0.717, 1.165) is 122 Å². The van der Waals surface area contributed by atoms with Crippen LogP contribution in [-0.4, -0.2) is 37.2 Å². The van der Waals surface area contributed by atoms with Crippen molar-refractivity contribution >= 4 is 17.9 Å². The molecule has 0 aliphatic carbocycles. The summed E-state index contributed by atoms with van der Waals surface area (Å²) in [5.41, 5.74) is 0. The number of unbranched alkanes of at least 4 members (excludes halogenated alkanes) is 27. The van der Waals surface area contributed by atoms with Gasteiger partial charge in [0.15, 0.2) is 6.10 Å². The Morgan fingerprint density at radius 1 is 0.280 bits per heavy atom. The van der Waals surface area contributed by atoms with E-state index in [9.17, 15) is 14.4 Å². The van der Waals surface area contributed by atoms with Gasteiger partial charge in [-0.3, -0.25) is 14.4 Å². The number of hydrogen-bond donors (Lipinski definition) is 0. The highest BCUT2D eigenvalue weighted by molar-refractivity contribution is 5.71. The molecule has 1 atom stereocenters. The molecule has 0 amide bonds. The maximum absolute atomic E-state index is 12.9. The van der Waals surface area contributed by atoms with Crippen molar-refractivity contribution < 1.29 is 28.6 Å². The molecule has 0 radical (unpaired) electrons. The first kappa shape index (κ1) is 71.1. The molecule has 0 aromatic heterocycles. The van der Waals surface area contributed by atoms with Crippen molar-refractivity contribution in [3.05, 3.63) is 109 Å². The van der Waals surface area contributed by atoms with Crippen LogP contribution in [0.5, 0.6) is 0 Å².